The van der Waals surface area contributed by atoms with Crippen LogP contribution in [-0.2, 0) is 0 Å². The molecule has 6 heteroatoms. The van der Waals surface area contributed by atoms with Crippen molar-refractivity contribution in [1.82, 2.24) is 0 Å². The van der Waals surface area contributed by atoms with E-state index in [1.165, 1.54) is 6.42 Å². The second-order valence-electron chi connectivity index (χ2n) is 4.24. The van der Waals surface area contributed by atoms with E-state index in [9.17, 15) is 0 Å². The number of rotatable bonds is 8. The van der Waals surface area contributed by atoms with Crippen molar-refractivity contribution >= 4 is 12.2 Å². The molecular weight excluding hydrogens is 256 g/mol. The predicted molar refractivity (Wildman–Crippen MR) is 81.4 cm³/mol. The van der Waals surface area contributed by atoms with E-state index in [2.05, 4.69) is 17.1 Å². The van der Waals surface area contributed by atoms with Crippen LogP contribution in [0.1, 0.15) is 31.7 Å². The first kappa shape index (κ1) is 15.8. The zero-order valence-electron chi connectivity index (χ0n) is 12.0. The SMILES string of the molecule is CCCCCOc1ccc(/C=N\N=C(N)N)cc1OC. The van der Waals surface area contributed by atoms with Gasteiger partial charge in [0.2, 0.25) is 5.96 Å². The Bertz CT molecular complexity index is 468. The number of methoxy groups -OCH3 is 1. The lowest BCUT2D eigenvalue weighted by Crippen LogP contribution is -2.21. The molecule has 1 aromatic carbocycles. The fourth-order valence-corrected chi connectivity index (χ4v) is 1.58. The molecule has 0 aliphatic rings. The fraction of sp³-hybridized carbons (Fsp3) is 0.429. The summed E-state index contributed by atoms with van der Waals surface area (Å²) in [6, 6.07) is 5.53. The molecule has 1 rings (SSSR count). The topological polar surface area (TPSA) is 95.2 Å². The Morgan fingerprint density at radius 3 is 2.70 bits per heavy atom. The van der Waals surface area contributed by atoms with E-state index in [1.54, 1.807) is 13.3 Å². The van der Waals surface area contributed by atoms with Crippen LogP contribution in [0.3, 0.4) is 0 Å². The number of nitrogens with two attached hydrogens (primary N) is 2. The van der Waals surface area contributed by atoms with Gasteiger partial charge in [-0.05, 0) is 30.2 Å². The van der Waals surface area contributed by atoms with Gasteiger partial charge in [0.05, 0.1) is 19.9 Å². The van der Waals surface area contributed by atoms with Crippen molar-refractivity contribution in [2.75, 3.05) is 13.7 Å². The lowest BCUT2D eigenvalue weighted by Gasteiger charge is -2.10. The first-order valence-corrected chi connectivity index (χ1v) is 6.60. The van der Waals surface area contributed by atoms with Crippen molar-refractivity contribution in [1.29, 1.82) is 0 Å². The minimum Gasteiger partial charge on any atom is -0.493 e. The molecule has 110 valence electrons. The van der Waals surface area contributed by atoms with Gasteiger partial charge in [0.1, 0.15) is 0 Å². The van der Waals surface area contributed by atoms with Crippen LogP contribution in [0.5, 0.6) is 11.5 Å². The van der Waals surface area contributed by atoms with Crippen molar-refractivity contribution in [2.24, 2.45) is 21.7 Å². The third kappa shape index (κ3) is 5.60. The first-order chi connectivity index (χ1) is 9.67. The van der Waals surface area contributed by atoms with Crippen LogP contribution in [0.2, 0.25) is 0 Å². The van der Waals surface area contributed by atoms with E-state index < -0.39 is 0 Å². The van der Waals surface area contributed by atoms with Gasteiger partial charge < -0.3 is 20.9 Å². The van der Waals surface area contributed by atoms with E-state index in [4.69, 9.17) is 20.9 Å². The van der Waals surface area contributed by atoms with Gasteiger partial charge in [-0.25, -0.2) is 0 Å². The molecule has 0 radical (unpaired) electrons. The van der Waals surface area contributed by atoms with Crippen LogP contribution in [0.25, 0.3) is 0 Å². The van der Waals surface area contributed by atoms with Gasteiger partial charge in [-0.3, -0.25) is 0 Å². The molecule has 0 fully saturated rings. The van der Waals surface area contributed by atoms with Gasteiger partial charge in [-0.1, -0.05) is 19.8 Å². The highest BCUT2D eigenvalue weighted by molar-refractivity contribution is 5.82. The largest absolute Gasteiger partial charge is 0.493 e. The molecule has 6 nitrogen and oxygen atoms in total. The van der Waals surface area contributed by atoms with Gasteiger partial charge in [0.15, 0.2) is 11.5 Å². The molecule has 0 bridgehead atoms. The summed E-state index contributed by atoms with van der Waals surface area (Å²) in [5.41, 5.74) is 11.2. The quantitative estimate of drug-likeness (QED) is 0.328. The molecule has 0 spiro atoms. The molecule has 0 saturated carbocycles. The monoisotopic (exact) mass is 278 g/mol. The number of hydrogen-bond donors (Lipinski definition) is 2. The summed E-state index contributed by atoms with van der Waals surface area (Å²) < 4.78 is 11.0. The molecule has 4 N–H and O–H groups in total. The number of unbranched alkanes of at least 4 members (excludes halogenated alkanes) is 2. The highest BCUT2D eigenvalue weighted by Gasteiger charge is 2.04. The summed E-state index contributed by atoms with van der Waals surface area (Å²) in [5.74, 6) is 1.31. The Morgan fingerprint density at radius 2 is 2.05 bits per heavy atom. The standard InChI is InChI=1S/C14H22N4O2/c1-3-4-5-8-20-12-7-6-11(9-13(12)19-2)10-17-18-14(15)16/h6-7,9-10H,3-5,8H2,1-2H3,(H4,15,16,18)/b17-10-. The number of guanidine groups is 1. The average Bonchev–Trinajstić information content (AvgIpc) is 2.44. The van der Waals surface area contributed by atoms with Crippen LogP contribution in [0, 0.1) is 0 Å². The molecular formula is C14H22N4O2. The maximum atomic E-state index is 5.69. The van der Waals surface area contributed by atoms with Gasteiger partial charge in [-0.15, -0.1) is 5.10 Å². The normalized spacial score (nSPS) is 10.5. The Balaban J connectivity index is 2.69. The molecule has 0 aliphatic heterocycles. The molecule has 0 saturated heterocycles. The molecule has 0 aliphatic carbocycles. The highest BCUT2D eigenvalue weighted by Crippen LogP contribution is 2.27. The lowest BCUT2D eigenvalue weighted by molar-refractivity contribution is 0.286. The first-order valence-electron chi connectivity index (χ1n) is 6.60. The van der Waals surface area contributed by atoms with Crippen LogP contribution < -0.4 is 20.9 Å². The van der Waals surface area contributed by atoms with E-state index in [0.717, 1.165) is 24.2 Å². The maximum absolute atomic E-state index is 5.69. The van der Waals surface area contributed by atoms with E-state index in [1.807, 2.05) is 18.2 Å². The Labute approximate surface area is 119 Å². The number of hydrogen-bond acceptors (Lipinski definition) is 4. The molecule has 1 aromatic rings. The van der Waals surface area contributed by atoms with Gasteiger partial charge in [0, 0.05) is 0 Å². The zero-order chi connectivity index (χ0) is 14.8. The minimum absolute atomic E-state index is 0.0795. The minimum atomic E-state index is -0.0795. The number of ether oxygens (including phenoxy) is 2. The molecule has 0 heterocycles. The Morgan fingerprint density at radius 1 is 1.25 bits per heavy atom. The van der Waals surface area contributed by atoms with Gasteiger partial charge in [0.25, 0.3) is 0 Å². The van der Waals surface area contributed by atoms with Crippen molar-refractivity contribution < 1.29 is 9.47 Å². The molecule has 20 heavy (non-hydrogen) atoms. The maximum Gasteiger partial charge on any atom is 0.211 e. The second kappa shape index (κ2) is 8.79. The third-order valence-corrected chi connectivity index (χ3v) is 2.57. The van der Waals surface area contributed by atoms with Crippen LogP contribution in [0.4, 0.5) is 0 Å². The van der Waals surface area contributed by atoms with Gasteiger partial charge in [-0.2, -0.15) is 5.10 Å². The molecule has 0 amide bonds. The number of benzene rings is 1. The lowest BCUT2D eigenvalue weighted by atomic mass is 10.2. The Hall–Kier alpha value is -2.24. The average molecular weight is 278 g/mol. The van der Waals surface area contributed by atoms with Crippen LogP contribution >= 0.6 is 0 Å². The molecule has 0 atom stereocenters. The van der Waals surface area contributed by atoms with E-state index in [-0.39, 0.29) is 5.96 Å². The van der Waals surface area contributed by atoms with E-state index >= 15 is 0 Å². The highest BCUT2D eigenvalue weighted by atomic mass is 16.5. The summed E-state index contributed by atoms with van der Waals surface area (Å²) in [4.78, 5) is 0. The molecule has 0 aromatic heterocycles. The van der Waals surface area contributed by atoms with Crippen molar-refractivity contribution in [3.8, 4) is 11.5 Å². The summed E-state index contributed by atoms with van der Waals surface area (Å²) in [6.45, 7) is 2.84. The van der Waals surface area contributed by atoms with Gasteiger partial charge >= 0.3 is 0 Å². The predicted octanol–water partition coefficient (Wildman–Crippen LogP) is 1.87. The molecule has 0 unspecified atom stereocenters. The smallest absolute Gasteiger partial charge is 0.211 e. The van der Waals surface area contributed by atoms with Crippen LogP contribution in [-0.4, -0.2) is 25.9 Å². The second-order valence-corrected chi connectivity index (χ2v) is 4.24. The van der Waals surface area contributed by atoms with Crippen molar-refractivity contribution in [2.45, 2.75) is 26.2 Å². The fourth-order valence-electron chi connectivity index (χ4n) is 1.58. The van der Waals surface area contributed by atoms with Crippen molar-refractivity contribution in [3.63, 3.8) is 0 Å². The summed E-state index contributed by atoms with van der Waals surface area (Å²) in [6.07, 6.45) is 4.91. The third-order valence-electron chi connectivity index (χ3n) is 2.57. The Kier molecular flexibility index (Phi) is 6.95. The van der Waals surface area contributed by atoms with Crippen molar-refractivity contribution in [3.05, 3.63) is 23.8 Å². The van der Waals surface area contributed by atoms with Crippen LogP contribution in [0.15, 0.2) is 28.4 Å². The number of nitrogens with zero attached hydrogens (tertiary/aromatic N) is 2. The summed E-state index contributed by atoms with van der Waals surface area (Å²) in [7, 11) is 1.60. The van der Waals surface area contributed by atoms with E-state index in [0.29, 0.717) is 12.4 Å². The zero-order valence-corrected chi connectivity index (χ0v) is 12.0. The summed E-state index contributed by atoms with van der Waals surface area (Å²) >= 11 is 0. The summed E-state index contributed by atoms with van der Waals surface area (Å²) in [5, 5.41) is 7.29.